The summed E-state index contributed by atoms with van der Waals surface area (Å²) in [5.41, 5.74) is 20.8. The minimum atomic E-state index is -0.466. The first-order chi connectivity index (χ1) is 29.5. The summed E-state index contributed by atoms with van der Waals surface area (Å²) in [7, 11) is 0. The third-order valence-corrected chi connectivity index (χ3v) is 13.2. The Morgan fingerprint density at radius 2 is 0.717 bits per heavy atom. The molecule has 0 amide bonds. The van der Waals surface area contributed by atoms with E-state index in [1.54, 1.807) is 0 Å². The van der Waals surface area contributed by atoms with E-state index in [-0.39, 0.29) is 0 Å². The number of nitrogens with zero attached hydrogens (tertiary/aromatic N) is 2. The Labute approximate surface area is 350 Å². The lowest BCUT2D eigenvalue weighted by Gasteiger charge is -2.34. The molecule has 1 aliphatic rings. The molecule has 0 aliphatic heterocycles. The number of aromatic nitrogens is 2. The molecule has 11 aromatic rings. The number of hydrogen-bond acceptors (Lipinski definition) is 0. The van der Waals surface area contributed by atoms with Gasteiger partial charge < -0.3 is 9.13 Å². The van der Waals surface area contributed by atoms with Crippen LogP contribution in [0.15, 0.2) is 200 Å². The molecule has 60 heavy (non-hydrogen) atoms. The van der Waals surface area contributed by atoms with Crippen molar-refractivity contribution in [1.29, 1.82) is 0 Å². The molecule has 2 nitrogen and oxygen atoms in total. The second kappa shape index (κ2) is 13.0. The summed E-state index contributed by atoms with van der Waals surface area (Å²) in [5, 5.41) is 5.07. The Bertz CT molecular complexity index is 3380. The van der Waals surface area contributed by atoms with Crippen molar-refractivity contribution in [2.45, 2.75) is 26.2 Å². The molecule has 284 valence electrons. The fourth-order valence-corrected chi connectivity index (χ4v) is 10.4. The van der Waals surface area contributed by atoms with Crippen LogP contribution in [0.3, 0.4) is 0 Å². The van der Waals surface area contributed by atoms with Crippen LogP contribution in [0, 0.1) is 20.8 Å². The quantitative estimate of drug-likeness (QED) is 0.165. The van der Waals surface area contributed by atoms with Crippen LogP contribution in [0.5, 0.6) is 0 Å². The van der Waals surface area contributed by atoms with Crippen molar-refractivity contribution in [3.63, 3.8) is 0 Å². The minimum absolute atomic E-state index is 0.466. The fraction of sp³-hybridized carbons (Fsp3) is 0.0690. The normalized spacial score (nSPS) is 13.1. The molecular formula is C58H42N2. The maximum Gasteiger partial charge on any atom is 0.0714 e. The van der Waals surface area contributed by atoms with E-state index in [0.717, 1.165) is 11.4 Å². The number of hydrogen-bond donors (Lipinski definition) is 0. The van der Waals surface area contributed by atoms with E-state index in [0.29, 0.717) is 0 Å². The van der Waals surface area contributed by atoms with E-state index in [9.17, 15) is 0 Å². The predicted molar refractivity (Wildman–Crippen MR) is 252 cm³/mol. The van der Waals surface area contributed by atoms with Crippen LogP contribution in [0.4, 0.5) is 0 Å². The zero-order valence-corrected chi connectivity index (χ0v) is 33.9. The third-order valence-electron chi connectivity index (χ3n) is 13.2. The van der Waals surface area contributed by atoms with Gasteiger partial charge >= 0.3 is 0 Å². The maximum atomic E-state index is 2.49. The molecule has 0 unspecified atom stereocenters. The van der Waals surface area contributed by atoms with Gasteiger partial charge in [0.15, 0.2) is 0 Å². The van der Waals surface area contributed by atoms with E-state index >= 15 is 0 Å². The van der Waals surface area contributed by atoms with Crippen LogP contribution in [0.1, 0.15) is 38.9 Å². The van der Waals surface area contributed by atoms with Gasteiger partial charge in [0.1, 0.15) is 0 Å². The topological polar surface area (TPSA) is 9.86 Å². The van der Waals surface area contributed by atoms with E-state index < -0.39 is 5.41 Å². The Morgan fingerprint density at radius 1 is 0.317 bits per heavy atom. The first-order valence-electron chi connectivity index (χ1n) is 21.0. The third kappa shape index (κ3) is 4.94. The van der Waals surface area contributed by atoms with E-state index in [1.807, 2.05) is 0 Å². The van der Waals surface area contributed by atoms with Crippen molar-refractivity contribution in [3.05, 3.63) is 239 Å². The highest BCUT2D eigenvalue weighted by Crippen LogP contribution is 2.57. The lowest BCUT2D eigenvalue weighted by atomic mass is 9.67. The van der Waals surface area contributed by atoms with Gasteiger partial charge in [0, 0.05) is 32.9 Å². The van der Waals surface area contributed by atoms with Gasteiger partial charge in [0.2, 0.25) is 0 Å². The lowest BCUT2D eigenvalue weighted by Crippen LogP contribution is -2.28. The summed E-state index contributed by atoms with van der Waals surface area (Å²) >= 11 is 0. The summed E-state index contributed by atoms with van der Waals surface area (Å²) in [5.74, 6) is 0. The molecule has 0 saturated carbocycles. The van der Waals surface area contributed by atoms with Crippen molar-refractivity contribution in [2.75, 3.05) is 0 Å². The van der Waals surface area contributed by atoms with Gasteiger partial charge in [0.25, 0.3) is 0 Å². The number of fused-ring (bicyclic) bond motifs is 9. The minimum Gasteiger partial charge on any atom is -0.309 e. The van der Waals surface area contributed by atoms with Crippen molar-refractivity contribution in [2.24, 2.45) is 0 Å². The molecule has 0 fully saturated rings. The molecule has 0 atom stereocenters. The highest BCUT2D eigenvalue weighted by Gasteiger charge is 2.46. The molecule has 0 spiro atoms. The van der Waals surface area contributed by atoms with E-state index in [2.05, 4.69) is 230 Å². The summed E-state index contributed by atoms with van der Waals surface area (Å²) in [6, 6.07) is 74.9. The smallest absolute Gasteiger partial charge is 0.0714 e. The summed E-state index contributed by atoms with van der Waals surface area (Å²) in [6.07, 6.45) is 0. The van der Waals surface area contributed by atoms with Crippen molar-refractivity contribution >= 4 is 43.6 Å². The monoisotopic (exact) mass is 766 g/mol. The van der Waals surface area contributed by atoms with Gasteiger partial charge in [-0.2, -0.15) is 0 Å². The van der Waals surface area contributed by atoms with Gasteiger partial charge in [-0.3, -0.25) is 0 Å². The molecule has 2 heteroatoms. The summed E-state index contributed by atoms with van der Waals surface area (Å²) in [6.45, 7) is 6.62. The molecule has 2 heterocycles. The van der Waals surface area contributed by atoms with Gasteiger partial charge in [-0.15, -0.1) is 0 Å². The summed E-state index contributed by atoms with van der Waals surface area (Å²) in [4.78, 5) is 0. The van der Waals surface area contributed by atoms with Crippen molar-refractivity contribution in [1.82, 2.24) is 9.13 Å². The summed E-state index contributed by atoms with van der Waals surface area (Å²) < 4.78 is 4.81. The second-order valence-corrected chi connectivity index (χ2v) is 16.8. The number of aryl methyl sites for hydroxylation is 3. The number of benzene rings is 9. The zero-order chi connectivity index (χ0) is 40.1. The highest BCUT2D eigenvalue weighted by atomic mass is 15.0. The molecule has 2 aromatic heterocycles. The van der Waals surface area contributed by atoms with E-state index in [4.69, 9.17) is 0 Å². The Morgan fingerprint density at radius 3 is 1.20 bits per heavy atom. The molecule has 0 saturated heterocycles. The van der Waals surface area contributed by atoms with Crippen LogP contribution in [-0.2, 0) is 5.41 Å². The second-order valence-electron chi connectivity index (χ2n) is 16.8. The maximum absolute atomic E-state index is 2.49. The highest BCUT2D eigenvalue weighted by molar-refractivity contribution is 6.10. The van der Waals surface area contributed by atoms with Crippen molar-refractivity contribution in [3.8, 4) is 33.6 Å². The van der Waals surface area contributed by atoms with Crippen molar-refractivity contribution < 1.29 is 0 Å². The first-order valence-corrected chi connectivity index (χ1v) is 21.0. The average molecular weight is 767 g/mol. The molecule has 0 N–H and O–H groups in total. The molecular weight excluding hydrogens is 725 g/mol. The zero-order valence-electron chi connectivity index (χ0n) is 33.9. The van der Waals surface area contributed by atoms with Crippen LogP contribution >= 0.6 is 0 Å². The standard InChI is InChI=1S/C58H42N2/c1-37-16-24-42(25-17-37)58(52-34-38(2)18-31-46(52)47-32-19-39(3)35-53(47)58)43-26-33-57-51(36-43)50-12-6-9-15-56(50)60(57)45-29-22-41(23-30-45)40-20-27-44(28-21-40)59-54-13-7-4-10-48(54)49-11-5-8-14-55(49)59/h4-36H,1-3H3. The van der Waals surface area contributed by atoms with Crippen LogP contribution in [0.25, 0.3) is 77.2 Å². The van der Waals surface area contributed by atoms with Crippen LogP contribution < -0.4 is 0 Å². The molecule has 12 rings (SSSR count). The predicted octanol–water partition coefficient (Wildman–Crippen LogP) is 14.8. The number of rotatable bonds is 5. The van der Waals surface area contributed by atoms with Gasteiger partial charge in [-0.05, 0) is 120 Å². The number of para-hydroxylation sites is 3. The van der Waals surface area contributed by atoms with Gasteiger partial charge in [0.05, 0.1) is 27.5 Å². The van der Waals surface area contributed by atoms with Gasteiger partial charge in [-0.1, -0.05) is 162 Å². The van der Waals surface area contributed by atoms with Crippen LogP contribution in [0.2, 0.25) is 0 Å². The van der Waals surface area contributed by atoms with Gasteiger partial charge in [-0.25, -0.2) is 0 Å². The molecule has 9 aromatic carbocycles. The Hall–Kier alpha value is -7.42. The Kier molecular flexibility index (Phi) is 7.52. The van der Waals surface area contributed by atoms with Crippen LogP contribution in [-0.4, -0.2) is 9.13 Å². The molecule has 1 aliphatic carbocycles. The lowest BCUT2D eigenvalue weighted by molar-refractivity contribution is 0.767. The largest absolute Gasteiger partial charge is 0.309 e. The molecule has 0 bridgehead atoms. The van der Waals surface area contributed by atoms with E-state index in [1.165, 1.54) is 105 Å². The molecule has 0 radical (unpaired) electrons. The Balaban J connectivity index is 0.984. The fourth-order valence-electron chi connectivity index (χ4n) is 10.4. The first kappa shape index (κ1) is 34.6. The SMILES string of the molecule is Cc1ccc(C2(c3ccc4c(c3)c3ccccc3n4-c3ccc(-c4ccc(-n5c6ccccc6c6ccccc65)cc4)cc3)c3cc(C)ccc3-c3ccc(C)cc32)cc1. The average Bonchev–Trinajstić information content (AvgIpc) is 3.90.